The second kappa shape index (κ2) is 16.8. The van der Waals surface area contributed by atoms with Crippen molar-refractivity contribution in [3.63, 3.8) is 0 Å². The highest BCUT2D eigenvalue weighted by Gasteiger charge is 2.63. The first-order chi connectivity index (χ1) is 27.1. The van der Waals surface area contributed by atoms with E-state index in [9.17, 15) is 0 Å². The smallest absolute Gasteiger partial charge is 0.405 e. The number of rotatable bonds is 4. The second-order valence-corrected chi connectivity index (χ2v) is 21.4. The fourth-order valence-electron chi connectivity index (χ4n) is 6.71. The number of halogens is 1. The third-order valence-corrected chi connectivity index (χ3v) is 15.2. The highest BCUT2D eigenvalue weighted by Crippen LogP contribution is 2.43. The van der Waals surface area contributed by atoms with Crippen LogP contribution in [0.15, 0.2) is 114 Å². The molecule has 0 unspecified atom stereocenters. The molecule has 0 aliphatic carbocycles. The summed E-state index contributed by atoms with van der Waals surface area (Å²) in [5.74, 6) is 0. The van der Waals surface area contributed by atoms with Crippen LogP contribution in [0.1, 0.15) is 90.5 Å². The lowest BCUT2D eigenvalue weighted by Gasteiger charge is -2.32. The van der Waals surface area contributed by atoms with Crippen molar-refractivity contribution in [1.82, 2.24) is 0 Å². The summed E-state index contributed by atoms with van der Waals surface area (Å²) in [7, 11) is -1.27. The minimum atomic E-state index is -0.476. The summed E-state index contributed by atoms with van der Waals surface area (Å²) in [5, 5.41) is 2.61. The van der Waals surface area contributed by atoms with Crippen LogP contribution in [-0.4, -0.2) is 54.7 Å². The predicted molar refractivity (Wildman–Crippen MR) is 257 cm³/mol. The van der Waals surface area contributed by atoms with E-state index in [0.29, 0.717) is 0 Å². The molecule has 3 fully saturated rings. The van der Waals surface area contributed by atoms with Crippen molar-refractivity contribution in [1.29, 1.82) is 0 Å². The number of benzene rings is 4. The van der Waals surface area contributed by atoms with E-state index >= 15 is 0 Å². The van der Waals surface area contributed by atoms with Gasteiger partial charge in [0.2, 0.25) is 0 Å². The molecule has 0 radical (unpaired) electrons. The minimum absolute atomic E-state index is 0. The molecule has 5 heterocycles. The Labute approximate surface area is 369 Å². The molecule has 59 heavy (non-hydrogen) atoms. The van der Waals surface area contributed by atoms with E-state index in [2.05, 4.69) is 153 Å². The van der Waals surface area contributed by atoms with Crippen LogP contribution in [0, 0.1) is 0 Å². The van der Waals surface area contributed by atoms with Crippen LogP contribution in [0.3, 0.4) is 0 Å². The van der Waals surface area contributed by atoms with Crippen molar-refractivity contribution in [3.8, 4) is 20.9 Å². The zero-order valence-electron chi connectivity index (χ0n) is 35.8. The molecule has 0 saturated carbocycles. The quantitative estimate of drug-likeness (QED) is 0.164. The predicted octanol–water partition coefficient (Wildman–Crippen LogP) is 13.1. The summed E-state index contributed by atoms with van der Waals surface area (Å²) in [6.45, 7) is 24.6. The maximum Gasteiger partial charge on any atom is 0.494 e. The van der Waals surface area contributed by atoms with E-state index in [1.165, 1.54) is 41.1 Å². The summed E-state index contributed by atoms with van der Waals surface area (Å²) in [5.41, 5.74) is 1.49. The number of thiophene rings is 2. The number of hydrogen-bond donors (Lipinski definition) is 0. The van der Waals surface area contributed by atoms with Gasteiger partial charge < -0.3 is 27.9 Å². The zero-order chi connectivity index (χ0) is 41.9. The van der Waals surface area contributed by atoms with Gasteiger partial charge in [-0.3, -0.25) is 0 Å². The largest absolute Gasteiger partial charge is 0.494 e. The summed E-state index contributed by atoms with van der Waals surface area (Å²) in [4.78, 5) is 2.59. The molecule has 0 amide bonds. The Morgan fingerprint density at radius 3 is 1.20 bits per heavy atom. The first-order valence-corrected chi connectivity index (χ1v) is 22.4. The van der Waals surface area contributed by atoms with Crippen molar-refractivity contribution in [3.05, 3.63) is 114 Å². The molecule has 3 saturated heterocycles. The Morgan fingerprint density at radius 1 is 0.424 bits per heavy atom. The minimum Gasteiger partial charge on any atom is -0.405 e. The number of fused-ring (bicyclic) bond motifs is 2. The standard InChI is InChI=1S/C20H21BO2S.C14H9BrS.C12H24B2O4.CH4/c1-19(2)20(3,4)23-21(22-19)16-10-7-9-14(12-16)18-13-15-8-5-6-11-17(15)24-18;15-12-6-3-5-10(8-12)14-9-11-4-1-2-7-13(11)16-14;1-9(2)10(3,4)16-13(15-9)14-17-11(5,6)12(7,8)18-14;/h5-13H,1-4H3;1-9H;1-8H3;1H4. The second-order valence-electron chi connectivity index (χ2n) is 18.3. The highest BCUT2D eigenvalue weighted by molar-refractivity contribution is 9.10. The van der Waals surface area contributed by atoms with Gasteiger partial charge in [-0.05, 0) is 147 Å². The van der Waals surface area contributed by atoms with Gasteiger partial charge in [-0.1, -0.05) is 96.2 Å². The molecule has 9 rings (SSSR count). The summed E-state index contributed by atoms with van der Waals surface area (Å²) < 4.78 is 40.0. The van der Waals surface area contributed by atoms with Crippen molar-refractivity contribution < 1.29 is 27.9 Å². The molecule has 6 nitrogen and oxygen atoms in total. The first kappa shape index (κ1) is 45.8. The molecule has 3 aliphatic heterocycles. The molecule has 12 heteroatoms. The van der Waals surface area contributed by atoms with E-state index in [-0.39, 0.29) is 48.2 Å². The van der Waals surface area contributed by atoms with E-state index in [1.54, 1.807) is 0 Å². The lowest BCUT2D eigenvalue weighted by molar-refractivity contribution is 0.00578. The lowest BCUT2D eigenvalue weighted by Crippen LogP contribution is -2.41. The Morgan fingerprint density at radius 2 is 0.797 bits per heavy atom. The molecular formula is C47H58B3BrO6S2. The average molecular weight is 895 g/mol. The monoisotopic (exact) mass is 894 g/mol. The Balaban J connectivity index is 0.000000151. The molecule has 4 aromatic carbocycles. The molecule has 0 N–H and O–H groups in total. The summed E-state index contributed by atoms with van der Waals surface area (Å²) in [6.07, 6.45) is 0. The van der Waals surface area contributed by atoms with Crippen LogP contribution < -0.4 is 5.46 Å². The maximum atomic E-state index is 6.18. The van der Waals surface area contributed by atoms with Crippen LogP contribution in [-0.2, 0) is 27.9 Å². The van der Waals surface area contributed by atoms with Crippen molar-refractivity contribution in [2.45, 2.75) is 124 Å². The summed E-state index contributed by atoms with van der Waals surface area (Å²) in [6, 6.07) is 38.4. The Bertz CT molecular complexity index is 2260. The molecule has 0 atom stereocenters. The van der Waals surface area contributed by atoms with Crippen molar-refractivity contribution >= 4 is 85.4 Å². The topological polar surface area (TPSA) is 55.4 Å². The average Bonchev–Trinajstić information content (AvgIpc) is 3.92. The fourth-order valence-corrected chi connectivity index (χ4v) is 9.22. The van der Waals surface area contributed by atoms with Gasteiger partial charge >= 0.3 is 21.1 Å². The SMILES string of the molecule is Brc1cccc(-c2cc3ccccc3s2)c1.C.CC1(C)OB(B2OC(C)(C)C(C)(C)O2)OC1(C)C.CC1(C)OB(c2cccc(-c3cc4ccccc4s3)c2)OC1(C)C. The van der Waals surface area contributed by atoms with E-state index < -0.39 is 14.0 Å². The van der Waals surface area contributed by atoms with Gasteiger partial charge in [0.25, 0.3) is 0 Å². The third kappa shape index (κ3) is 9.52. The molecule has 6 aromatic rings. The normalized spacial score (nSPS) is 20.5. The number of hydrogen-bond acceptors (Lipinski definition) is 8. The lowest BCUT2D eigenvalue weighted by atomic mass is 9.49. The van der Waals surface area contributed by atoms with Crippen LogP contribution in [0.4, 0.5) is 0 Å². The van der Waals surface area contributed by atoms with E-state index in [1.807, 2.05) is 78.1 Å². The van der Waals surface area contributed by atoms with Gasteiger partial charge in [0.1, 0.15) is 0 Å². The van der Waals surface area contributed by atoms with Crippen molar-refractivity contribution in [2.75, 3.05) is 0 Å². The maximum absolute atomic E-state index is 6.18. The molecule has 0 spiro atoms. The molecular weight excluding hydrogens is 837 g/mol. The van der Waals surface area contributed by atoms with E-state index in [4.69, 9.17) is 27.9 Å². The molecule has 310 valence electrons. The van der Waals surface area contributed by atoms with Crippen LogP contribution >= 0.6 is 38.6 Å². The third-order valence-electron chi connectivity index (χ3n) is 12.4. The molecule has 3 aliphatic rings. The van der Waals surface area contributed by atoms with Gasteiger partial charge in [-0.2, -0.15) is 0 Å². The Kier molecular flexibility index (Phi) is 13.1. The van der Waals surface area contributed by atoms with Crippen LogP contribution in [0.2, 0.25) is 0 Å². The van der Waals surface area contributed by atoms with E-state index in [0.717, 1.165) is 9.94 Å². The fraction of sp³-hybridized carbons (Fsp3) is 0.404. The van der Waals surface area contributed by atoms with Gasteiger partial charge in [0.05, 0.1) is 33.6 Å². The van der Waals surface area contributed by atoms with Crippen LogP contribution in [0.5, 0.6) is 0 Å². The van der Waals surface area contributed by atoms with Crippen LogP contribution in [0.25, 0.3) is 41.1 Å². The van der Waals surface area contributed by atoms with Gasteiger partial charge in [-0.15, -0.1) is 22.7 Å². The van der Waals surface area contributed by atoms with Gasteiger partial charge in [-0.25, -0.2) is 0 Å². The van der Waals surface area contributed by atoms with Gasteiger partial charge in [0.15, 0.2) is 0 Å². The Hall–Kier alpha value is -2.77. The summed E-state index contributed by atoms with van der Waals surface area (Å²) >= 11 is 7.17. The van der Waals surface area contributed by atoms with Gasteiger partial charge in [0, 0.05) is 23.6 Å². The molecule has 0 bridgehead atoms. The van der Waals surface area contributed by atoms with Crippen molar-refractivity contribution in [2.24, 2.45) is 0 Å². The molecule has 2 aromatic heterocycles. The zero-order valence-corrected chi connectivity index (χ0v) is 39.0. The first-order valence-electron chi connectivity index (χ1n) is 20.0. The highest BCUT2D eigenvalue weighted by atomic mass is 79.9.